The Morgan fingerprint density at radius 1 is 1.45 bits per heavy atom. The van der Waals surface area contributed by atoms with Gasteiger partial charge >= 0.3 is 5.97 Å². The number of hydrogen-bond acceptors (Lipinski definition) is 3. The monoisotopic (exact) mass is 157 g/mol. The molecule has 0 radical (unpaired) electrons. The van der Waals surface area contributed by atoms with Gasteiger partial charge in [-0.1, -0.05) is 0 Å². The first-order chi connectivity index (χ1) is 5.17. The van der Waals surface area contributed by atoms with Gasteiger partial charge in [-0.15, -0.1) is 0 Å². The van der Waals surface area contributed by atoms with Crippen molar-refractivity contribution in [3.63, 3.8) is 0 Å². The summed E-state index contributed by atoms with van der Waals surface area (Å²) in [4.78, 5) is 22.1. The van der Waals surface area contributed by atoms with Crippen molar-refractivity contribution in [2.24, 2.45) is 5.41 Å². The van der Waals surface area contributed by atoms with Crippen LogP contribution >= 0.6 is 0 Å². The standard InChI is InChI=1S/C7H11NO3/c1-8-5(9)7(3-4-7)6(10)11-2/h3-4H2,1-2H3,(H,8,9). The number of carbonyl (C=O) groups excluding carboxylic acids is 2. The molecule has 0 saturated heterocycles. The lowest BCUT2D eigenvalue weighted by atomic mass is 10.1. The summed E-state index contributed by atoms with van der Waals surface area (Å²) >= 11 is 0. The number of ether oxygens (including phenoxy) is 1. The predicted octanol–water partition coefficient (Wildman–Crippen LogP) is -0.314. The molecule has 0 aromatic heterocycles. The van der Waals surface area contributed by atoms with E-state index in [1.165, 1.54) is 14.2 Å². The molecular weight excluding hydrogens is 146 g/mol. The molecule has 0 aliphatic heterocycles. The van der Waals surface area contributed by atoms with E-state index in [4.69, 9.17) is 0 Å². The summed E-state index contributed by atoms with van der Waals surface area (Å²) in [5, 5.41) is 2.44. The molecule has 0 aromatic carbocycles. The van der Waals surface area contributed by atoms with Crippen molar-refractivity contribution >= 4 is 11.9 Å². The number of carbonyl (C=O) groups is 2. The van der Waals surface area contributed by atoms with Crippen molar-refractivity contribution in [1.29, 1.82) is 0 Å². The molecule has 62 valence electrons. The molecule has 0 aromatic rings. The fourth-order valence-corrected chi connectivity index (χ4v) is 1.08. The minimum atomic E-state index is -0.844. The van der Waals surface area contributed by atoms with Gasteiger partial charge in [-0.05, 0) is 12.8 Å². The van der Waals surface area contributed by atoms with Gasteiger partial charge in [0.25, 0.3) is 0 Å². The second-order valence-corrected chi connectivity index (χ2v) is 2.65. The van der Waals surface area contributed by atoms with E-state index in [1.807, 2.05) is 0 Å². The highest BCUT2D eigenvalue weighted by Gasteiger charge is 2.57. The average molecular weight is 157 g/mol. The van der Waals surface area contributed by atoms with Crippen LogP contribution in [0, 0.1) is 5.41 Å². The topological polar surface area (TPSA) is 55.4 Å². The summed E-state index contributed by atoms with van der Waals surface area (Å²) in [6.45, 7) is 0. The molecule has 1 amide bonds. The normalized spacial score (nSPS) is 18.7. The quantitative estimate of drug-likeness (QED) is 0.441. The maximum atomic E-state index is 11.1. The van der Waals surface area contributed by atoms with Crippen LogP contribution < -0.4 is 5.32 Å². The molecule has 0 atom stereocenters. The molecule has 4 heteroatoms. The number of methoxy groups -OCH3 is 1. The fourth-order valence-electron chi connectivity index (χ4n) is 1.08. The Hall–Kier alpha value is -1.06. The van der Waals surface area contributed by atoms with Crippen LogP contribution in [0.1, 0.15) is 12.8 Å². The summed E-state index contributed by atoms with van der Waals surface area (Å²) in [7, 11) is 2.82. The number of amides is 1. The third-order valence-corrected chi connectivity index (χ3v) is 1.99. The van der Waals surface area contributed by atoms with Crippen molar-refractivity contribution in [3.8, 4) is 0 Å². The van der Waals surface area contributed by atoms with Gasteiger partial charge in [0.1, 0.15) is 5.41 Å². The molecule has 1 saturated carbocycles. The third kappa shape index (κ3) is 1.08. The third-order valence-electron chi connectivity index (χ3n) is 1.99. The second kappa shape index (κ2) is 2.53. The number of esters is 1. The van der Waals surface area contributed by atoms with E-state index in [-0.39, 0.29) is 5.91 Å². The zero-order valence-electron chi connectivity index (χ0n) is 6.64. The van der Waals surface area contributed by atoms with E-state index in [0.717, 1.165) is 0 Å². The Labute approximate surface area is 64.9 Å². The van der Waals surface area contributed by atoms with E-state index < -0.39 is 11.4 Å². The lowest BCUT2D eigenvalue weighted by molar-refractivity contribution is -0.151. The number of nitrogens with one attached hydrogen (secondary N) is 1. The summed E-state index contributed by atoms with van der Waals surface area (Å²) in [6.07, 6.45) is 1.22. The van der Waals surface area contributed by atoms with Crippen LogP contribution in [0.25, 0.3) is 0 Å². The van der Waals surface area contributed by atoms with Crippen LogP contribution in [0.15, 0.2) is 0 Å². The molecule has 0 bridgehead atoms. The maximum absolute atomic E-state index is 11.1. The summed E-state index contributed by atoms with van der Waals surface area (Å²) in [5.74, 6) is -0.652. The minimum absolute atomic E-state index is 0.232. The second-order valence-electron chi connectivity index (χ2n) is 2.65. The molecule has 1 aliphatic rings. The Bertz CT molecular complexity index is 178. The van der Waals surface area contributed by atoms with E-state index >= 15 is 0 Å². The molecule has 0 spiro atoms. The molecule has 0 unspecified atom stereocenters. The van der Waals surface area contributed by atoms with Gasteiger partial charge in [0.05, 0.1) is 7.11 Å². The minimum Gasteiger partial charge on any atom is -0.468 e. The smallest absolute Gasteiger partial charge is 0.321 e. The van der Waals surface area contributed by atoms with E-state index in [2.05, 4.69) is 10.1 Å². The number of hydrogen-bond donors (Lipinski definition) is 1. The summed E-state index contributed by atoms with van der Waals surface area (Å²) < 4.78 is 4.50. The Balaban J connectivity index is 2.67. The van der Waals surface area contributed by atoms with Crippen LogP contribution in [-0.2, 0) is 14.3 Å². The van der Waals surface area contributed by atoms with E-state index in [1.54, 1.807) is 0 Å². The van der Waals surface area contributed by atoms with Crippen LogP contribution in [-0.4, -0.2) is 26.0 Å². The zero-order valence-corrected chi connectivity index (χ0v) is 6.64. The highest BCUT2D eigenvalue weighted by molar-refractivity contribution is 6.05. The first kappa shape index (κ1) is 8.04. The van der Waals surface area contributed by atoms with Gasteiger partial charge in [-0.3, -0.25) is 9.59 Å². The summed E-state index contributed by atoms with van der Waals surface area (Å²) in [6, 6.07) is 0. The Kier molecular flexibility index (Phi) is 1.85. The SMILES string of the molecule is CNC(=O)C1(C(=O)OC)CC1. The van der Waals surface area contributed by atoms with Gasteiger partial charge < -0.3 is 10.1 Å². The van der Waals surface area contributed by atoms with Gasteiger partial charge in [0.15, 0.2) is 0 Å². The maximum Gasteiger partial charge on any atom is 0.321 e. The van der Waals surface area contributed by atoms with Gasteiger partial charge in [-0.25, -0.2) is 0 Å². The van der Waals surface area contributed by atoms with Crippen molar-refractivity contribution in [2.45, 2.75) is 12.8 Å². The molecule has 1 aliphatic carbocycles. The highest BCUT2D eigenvalue weighted by Crippen LogP contribution is 2.46. The average Bonchev–Trinajstić information content (AvgIpc) is 2.82. The van der Waals surface area contributed by atoms with Crippen LogP contribution in [0.3, 0.4) is 0 Å². The van der Waals surface area contributed by atoms with Crippen molar-refractivity contribution in [1.82, 2.24) is 5.32 Å². The molecule has 4 nitrogen and oxygen atoms in total. The lowest BCUT2D eigenvalue weighted by Crippen LogP contribution is -2.35. The molecule has 0 heterocycles. The molecule has 11 heavy (non-hydrogen) atoms. The lowest BCUT2D eigenvalue weighted by Gasteiger charge is -2.09. The first-order valence-corrected chi connectivity index (χ1v) is 3.48. The van der Waals surface area contributed by atoms with Crippen molar-refractivity contribution in [3.05, 3.63) is 0 Å². The molecule has 1 N–H and O–H groups in total. The Morgan fingerprint density at radius 3 is 2.27 bits per heavy atom. The Morgan fingerprint density at radius 2 is 2.00 bits per heavy atom. The van der Waals surface area contributed by atoms with E-state index in [9.17, 15) is 9.59 Å². The molecular formula is C7H11NO3. The molecule has 1 rings (SSSR count). The van der Waals surface area contributed by atoms with Crippen molar-refractivity contribution < 1.29 is 14.3 Å². The highest BCUT2D eigenvalue weighted by atomic mass is 16.5. The zero-order chi connectivity index (χ0) is 8.48. The fraction of sp³-hybridized carbons (Fsp3) is 0.714. The first-order valence-electron chi connectivity index (χ1n) is 3.48. The predicted molar refractivity (Wildman–Crippen MR) is 37.7 cm³/mol. The van der Waals surface area contributed by atoms with Crippen LogP contribution in [0.2, 0.25) is 0 Å². The van der Waals surface area contributed by atoms with Crippen molar-refractivity contribution in [2.75, 3.05) is 14.2 Å². The number of rotatable bonds is 2. The summed E-state index contributed by atoms with van der Waals surface area (Å²) in [5.41, 5.74) is -0.844. The van der Waals surface area contributed by atoms with Gasteiger partial charge in [0.2, 0.25) is 5.91 Å². The van der Waals surface area contributed by atoms with E-state index in [0.29, 0.717) is 12.8 Å². The molecule has 1 fully saturated rings. The van der Waals surface area contributed by atoms with Crippen LogP contribution in [0.5, 0.6) is 0 Å². The van der Waals surface area contributed by atoms with Gasteiger partial charge in [0, 0.05) is 7.05 Å². The van der Waals surface area contributed by atoms with Gasteiger partial charge in [-0.2, -0.15) is 0 Å². The largest absolute Gasteiger partial charge is 0.468 e. The van der Waals surface area contributed by atoms with Crippen LogP contribution in [0.4, 0.5) is 0 Å².